The summed E-state index contributed by atoms with van der Waals surface area (Å²) in [4.78, 5) is 11.2. The maximum absolute atomic E-state index is 12.0. The second-order valence-electron chi connectivity index (χ2n) is 3.75. The summed E-state index contributed by atoms with van der Waals surface area (Å²) in [5.41, 5.74) is 1.86. The molecule has 2 nitrogen and oxygen atoms in total. The molecule has 0 saturated heterocycles. The number of hydrogen-bond donors (Lipinski definition) is 1. The van der Waals surface area contributed by atoms with Gasteiger partial charge >= 0.3 is 6.18 Å². The molecule has 0 spiro atoms. The van der Waals surface area contributed by atoms with Crippen molar-refractivity contribution >= 4 is 27.5 Å². The Labute approximate surface area is 105 Å². The number of halogens is 4. The van der Waals surface area contributed by atoms with Crippen LogP contribution in [0.15, 0.2) is 16.6 Å². The Morgan fingerprint density at radius 2 is 1.76 bits per heavy atom. The molecule has 1 rings (SSSR count). The van der Waals surface area contributed by atoms with E-state index in [1.165, 1.54) is 0 Å². The third-order valence-corrected chi connectivity index (χ3v) is 2.58. The number of alkyl halides is 3. The van der Waals surface area contributed by atoms with Crippen molar-refractivity contribution in [1.29, 1.82) is 0 Å². The largest absolute Gasteiger partial charge is 0.397 e. The van der Waals surface area contributed by atoms with Gasteiger partial charge in [0, 0.05) is 10.2 Å². The van der Waals surface area contributed by atoms with Crippen LogP contribution in [0.1, 0.15) is 17.5 Å². The second-order valence-corrected chi connectivity index (χ2v) is 4.67. The summed E-state index contributed by atoms with van der Waals surface area (Å²) in [6.45, 7) is 3.45. The lowest BCUT2D eigenvalue weighted by Gasteiger charge is -2.13. The van der Waals surface area contributed by atoms with Gasteiger partial charge in [0.05, 0.1) is 0 Å². The summed E-state index contributed by atoms with van der Waals surface area (Å²) < 4.78 is 36.8. The highest BCUT2D eigenvalue weighted by Gasteiger charge is 2.31. The van der Waals surface area contributed by atoms with Crippen molar-refractivity contribution in [2.24, 2.45) is 0 Å². The summed E-state index contributed by atoms with van der Waals surface area (Å²) in [5, 5.41) is 2.28. The zero-order chi connectivity index (χ0) is 13.2. The van der Waals surface area contributed by atoms with Crippen LogP contribution in [0.3, 0.4) is 0 Å². The van der Waals surface area contributed by atoms with Gasteiger partial charge in [0.2, 0.25) is 5.91 Å². The number of carbonyl (C=O) groups excluding carboxylic acids is 1. The molecular formula is C11H11BrF3NO. The Hall–Kier alpha value is -1.04. The lowest BCUT2D eigenvalue weighted by atomic mass is 10.1. The van der Waals surface area contributed by atoms with Gasteiger partial charge in [-0.25, -0.2) is 0 Å². The van der Waals surface area contributed by atoms with E-state index in [0.29, 0.717) is 16.8 Å². The molecule has 1 aromatic rings. The van der Waals surface area contributed by atoms with Crippen LogP contribution in [-0.4, -0.2) is 12.1 Å². The average Bonchev–Trinajstić information content (AvgIpc) is 2.08. The molecule has 0 aliphatic rings. The molecule has 1 aromatic carbocycles. The molecule has 0 bridgehead atoms. The molecule has 6 heteroatoms. The van der Waals surface area contributed by atoms with E-state index in [-0.39, 0.29) is 0 Å². The van der Waals surface area contributed by atoms with E-state index in [1.807, 2.05) is 0 Å². The van der Waals surface area contributed by atoms with Gasteiger partial charge in [-0.15, -0.1) is 0 Å². The first-order chi connectivity index (χ1) is 7.69. The maximum atomic E-state index is 12.0. The fraction of sp³-hybridized carbons (Fsp3) is 0.364. The smallest absolute Gasteiger partial charge is 0.325 e. The Morgan fingerprint density at radius 1 is 1.29 bits per heavy atom. The number of rotatable bonds is 2. The molecule has 1 N–H and O–H groups in total. The van der Waals surface area contributed by atoms with Crippen molar-refractivity contribution in [1.82, 2.24) is 0 Å². The van der Waals surface area contributed by atoms with Crippen molar-refractivity contribution in [3.05, 3.63) is 27.7 Å². The molecule has 0 fully saturated rings. The number of carbonyl (C=O) groups is 1. The molecular weight excluding hydrogens is 299 g/mol. The minimum atomic E-state index is -4.48. The molecule has 0 aromatic heterocycles. The monoisotopic (exact) mass is 309 g/mol. The van der Waals surface area contributed by atoms with Crippen LogP contribution in [0.2, 0.25) is 0 Å². The molecule has 0 aliphatic carbocycles. The second kappa shape index (κ2) is 5.08. The molecule has 1 amide bonds. The lowest BCUT2D eigenvalue weighted by Crippen LogP contribution is -2.22. The Morgan fingerprint density at radius 3 is 2.18 bits per heavy atom. The van der Waals surface area contributed by atoms with Gasteiger partial charge in [-0.2, -0.15) is 13.2 Å². The van der Waals surface area contributed by atoms with Crippen LogP contribution in [0, 0.1) is 13.8 Å². The first-order valence-electron chi connectivity index (χ1n) is 4.82. The Balaban J connectivity index is 2.86. The Bertz CT molecular complexity index is 420. The predicted molar refractivity (Wildman–Crippen MR) is 62.9 cm³/mol. The quantitative estimate of drug-likeness (QED) is 0.880. The van der Waals surface area contributed by atoms with Gasteiger partial charge in [0.25, 0.3) is 0 Å². The van der Waals surface area contributed by atoms with E-state index < -0.39 is 18.5 Å². The number of hydrogen-bond acceptors (Lipinski definition) is 1. The number of nitrogens with one attached hydrogen (secondary N) is 1. The number of amides is 1. The zero-order valence-corrected chi connectivity index (χ0v) is 10.9. The molecule has 0 heterocycles. The minimum absolute atomic E-state index is 0.433. The van der Waals surface area contributed by atoms with E-state index in [4.69, 9.17) is 0 Å². The van der Waals surface area contributed by atoms with Crippen LogP contribution in [0.4, 0.5) is 18.9 Å². The van der Waals surface area contributed by atoms with E-state index in [2.05, 4.69) is 21.2 Å². The van der Waals surface area contributed by atoms with Gasteiger partial charge < -0.3 is 5.32 Å². The van der Waals surface area contributed by atoms with Gasteiger partial charge in [0.15, 0.2) is 0 Å². The highest BCUT2D eigenvalue weighted by atomic mass is 79.9. The van der Waals surface area contributed by atoms with Crippen LogP contribution in [0.5, 0.6) is 0 Å². The van der Waals surface area contributed by atoms with Crippen LogP contribution < -0.4 is 5.32 Å². The van der Waals surface area contributed by atoms with E-state index >= 15 is 0 Å². The standard InChI is InChI=1S/C11H11BrF3NO/c1-6-3-8(12)4-7(2)10(6)16-9(17)5-11(13,14)15/h3-4H,5H2,1-2H3,(H,16,17). The van der Waals surface area contributed by atoms with Crippen molar-refractivity contribution in [2.45, 2.75) is 26.4 Å². The highest BCUT2D eigenvalue weighted by Crippen LogP contribution is 2.26. The number of anilines is 1. The topological polar surface area (TPSA) is 29.1 Å². The van der Waals surface area contributed by atoms with Gasteiger partial charge in [0.1, 0.15) is 6.42 Å². The predicted octanol–water partition coefficient (Wildman–Crippen LogP) is 3.96. The van der Waals surface area contributed by atoms with Crippen molar-refractivity contribution < 1.29 is 18.0 Å². The minimum Gasteiger partial charge on any atom is -0.325 e. The SMILES string of the molecule is Cc1cc(Br)cc(C)c1NC(=O)CC(F)(F)F. The molecule has 0 saturated carbocycles. The number of benzene rings is 1. The maximum Gasteiger partial charge on any atom is 0.397 e. The van der Waals surface area contributed by atoms with E-state index in [0.717, 1.165) is 4.47 Å². The normalized spacial score (nSPS) is 11.4. The first-order valence-corrected chi connectivity index (χ1v) is 5.61. The average molecular weight is 310 g/mol. The fourth-order valence-corrected chi connectivity index (χ4v) is 2.16. The van der Waals surface area contributed by atoms with Crippen molar-refractivity contribution in [2.75, 3.05) is 5.32 Å². The Kier molecular flexibility index (Phi) is 4.19. The van der Waals surface area contributed by atoms with Gasteiger partial charge in [-0.3, -0.25) is 4.79 Å². The van der Waals surface area contributed by atoms with Crippen molar-refractivity contribution in [3.63, 3.8) is 0 Å². The summed E-state index contributed by atoms with van der Waals surface area (Å²) in [5.74, 6) is -1.05. The third-order valence-electron chi connectivity index (χ3n) is 2.12. The molecule has 17 heavy (non-hydrogen) atoms. The summed E-state index contributed by atoms with van der Waals surface area (Å²) in [6.07, 6.45) is -5.96. The van der Waals surface area contributed by atoms with Gasteiger partial charge in [-0.05, 0) is 37.1 Å². The first kappa shape index (κ1) is 14.0. The van der Waals surface area contributed by atoms with E-state index in [9.17, 15) is 18.0 Å². The third kappa shape index (κ3) is 4.38. The summed E-state index contributed by atoms with van der Waals surface area (Å²) >= 11 is 3.27. The molecule has 0 unspecified atom stereocenters. The van der Waals surface area contributed by atoms with Crippen molar-refractivity contribution in [3.8, 4) is 0 Å². The summed E-state index contributed by atoms with van der Waals surface area (Å²) in [7, 11) is 0. The molecule has 0 atom stereocenters. The van der Waals surface area contributed by atoms with Crippen LogP contribution >= 0.6 is 15.9 Å². The fourth-order valence-electron chi connectivity index (χ4n) is 1.47. The summed E-state index contributed by atoms with van der Waals surface area (Å²) in [6, 6.07) is 3.46. The van der Waals surface area contributed by atoms with Crippen LogP contribution in [-0.2, 0) is 4.79 Å². The molecule has 0 aliphatic heterocycles. The molecule has 94 valence electrons. The molecule has 0 radical (unpaired) electrons. The zero-order valence-electron chi connectivity index (χ0n) is 9.28. The van der Waals surface area contributed by atoms with Crippen LogP contribution in [0.25, 0.3) is 0 Å². The lowest BCUT2D eigenvalue weighted by molar-refractivity contribution is -0.150. The number of aryl methyl sites for hydroxylation is 2. The van der Waals surface area contributed by atoms with Gasteiger partial charge in [-0.1, -0.05) is 15.9 Å². The van der Waals surface area contributed by atoms with E-state index in [1.54, 1.807) is 26.0 Å². The highest BCUT2D eigenvalue weighted by molar-refractivity contribution is 9.10.